The lowest BCUT2D eigenvalue weighted by Crippen LogP contribution is -2.57. The standard InChI is InChI=1S/C25H37N5O6/c1-7-26-24(32)30-13-12-29(14-16(30)3)15-18-20(23(31)36-8-2)21(27-25(33)28(18)4)17-10-9-11-19(34-5)22(17)35-6/h9-11,16,21H,7-8,12-15H2,1-6H3,(H,26,32)(H,27,33). The summed E-state index contributed by atoms with van der Waals surface area (Å²) >= 11 is 0. The van der Waals surface area contributed by atoms with Crippen LogP contribution in [0.25, 0.3) is 0 Å². The van der Waals surface area contributed by atoms with Crippen LogP contribution in [-0.2, 0) is 9.53 Å². The van der Waals surface area contributed by atoms with Crippen molar-refractivity contribution in [1.82, 2.24) is 25.3 Å². The molecule has 1 saturated heterocycles. The van der Waals surface area contributed by atoms with Crippen molar-refractivity contribution in [3.05, 3.63) is 35.0 Å². The number of para-hydroxylation sites is 1. The highest BCUT2D eigenvalue weighted by Gasteiger charge is 2.39. The quantitative estimate of drug-likeness (QED) is 0.522. The van der Waals surface area contributed by atoms with E-state index in [0.717, 1.165) is 0 Å². The molecule has 0 spiro atoms. The van der Waals surface area contributed by atoms with E-state index in [-0.39, 0.29) is 24.7 Å². The minimum Gasteiger partial charge on any atom is -0.493 e. The molecule has 2 unspecified atom stereocenters. The molecule has 2 aliphatic rings. The Labute approximate surface area is 212 Å². The Morgan fingerprint density at radius 1 is 1.17 bits per heavy atom. The van der Waals surface area contributed by atoms with Crippen molar-refractivity contribution in [1.29, 1.82) is 0 Å². The van der Waals surface area contributed by atoms with E-state index in [1.54, 1.807) is 32.2 Å². The minimum absolute atomic E-state index is 0.0334. The van der Waals surface area contributed by atoms with Gasteiger partial charge in [0.2, 0.25) is 0 Å². The maximum absolute atomic E-state index is 13.3. The number of carbonyl (C=O) groups is 3. The summed E-state index contributed by atoms with van der Waals surface area (Å²) in [7, 11) is 4.68. The number of methoxy groups -OCH3 is 2. The third kappa shape index (κ3) is 5.51. The second-order valence-corrected chi connectivity index (χ2v) is 8.72. The smallest absolute Gasteiger partial charge is 0.338 e. The van der Waals surface area contributed by atoms with Crippen molar-refractivity contribution >= 4 is 18.0 Å². The zero-order valence-corrected chi connectivity index (χ0v) is 21.9. The number of esters is 1. The van der Waals surface area contributed by atoms with E-state index in [0.29, 0.717) is 61.1 Å². The lowest BCUT2D eigenvalue weighted by molar-refractivity contribution is -0.139. The van der Waals surface area contributed by atoms with Gasteiger partial charge < -0.3 is 29.7 Å². The number of nitrogens with one attached hydrogen (secondary N) is 2. The Balaban J connectivity index is 2.01. The number of benzene rings is 1. The van der Waals surface area contributed by atoms with Crippen LogP contribution in [0.2, 0.25) is 0 Å². The molecule has 0 aliphatic carbocycles. The summed E-state index contributed by atoms with van der Waals surface area (Å²) in [5, 5.41) is 5.77. The summed E-state index contributed by atoms with van der Waals surface area (Å²) in [6, 6.07) is 4.07. The summed E-state index contributed by atoms with van der Waals surface area (Å²) in [5.41, 5.74) is 1.48. The molecule has 0 aromatic heterocycles. The molecule has 0 saturated carbocycles. The van der Waals surface area contributed by atoms with Crippen LogP contribution in [0.3, 0.4) is 0 Å². The highest BCUT2D eigenvalue weighted by atomic mass is 16.5. The van der Waals surface area contributed by atoms with Crippen LogP contribution in [0.15, 0.2) is 29.5 Å². The fourth-order valence-electron chi connectivity index (χ4n) is 4.71. The number of amides is 4. The number of nitrogens with zero attached hydrogens (tertiary/aromatic N) is 3. The number of likely N-dealkylation sites (N-methyl/N-ethyl adjacent to an activating group) is 1. The first-order valence-corrected chi connectivity index (χ1v) is 12.2. The predicted octanol–water partition coefficient (Wildman–Crippen LogP) is 1.95. The Morgan fingerprint density at radius 2 is 1.92 bits per heavy atom. The van der Waals surface area contributed by atoms with E-state index in [2.05, 4.69) is 15.5 Å². The van der Waals surface area contributed by atoms with Crippen LogP contribution in [0, 0.1) is 0 Å². The first kappa shape index (κ1) is 27.1. The van der Waals surface area contributed by atoms with Gasteiger partial charge in [0.25, 0.3) is 0 Å². The summed E-state index contributed by atoms with van der Waals surface area (Å²) in [5.74, 6) is 0.409. The van der Waals surface area contributed by atoms with Gasteiger partial charge in [-0.05, 0) is 26.8 Å². The minimum atomic E-state index is -0.790. The van der Waals surface area contributed by atoms with E-state index in [4.69, 9.17) is 14.2 Å². The molecule has 198 valence electrons. The van der Waals surface area contributed by atoms with E-state index >= 15 is 0 Å². The molecule has 3 rings (SSSR count). The first-order chi connectivity index (χ1) is 17.3. The van der Waals surface area contributed by atoms with Gasteiger partial charge >= 0.3 is 18.0 Å². The maximum atomic E-state index is 13.3. The molecule has 0 radical (unpaired) electrons. The SMILES string of the molecule is CCNC(=O)N1CCN(CC2=C(C(=O)OCC)C(c3cccc(OC)c3OC)NC(=O)N2C)CC1C. The van der Waals surface area contributed by atoms with Crippen molar-refractivity contribution in [3.8, 4) is 11.5 Å². The molecule has 2 heterocycles. The average Bonchev–Trinajstić information content (AvgIpc) is 2.86. The molecular weight excluding hydrogens is 466 g/mol. The molecule has 2 N–H and O–H groups in total. The fraction of sp³-hybridized carbons (Fsp3) is 0.560. The molecule has 11 heteroatoms. The van der Waals surface area contributed by atoms with Gasteiger partial charge in [0, 0.05) is 57.1 Å². The van der Waals surface area contributed by atoms with Crippen LogP contribution in [0.1, 0.15) is 32.4 Å². The second-order valence-electron chi connectivity index (χ2n) is 8.72. The van der Waals surface area contributed by atoms with Gasteiger partial charge in [-0.3, -0.25) is 9.80 Å². The van der Waals surface area contributed by atoms with Gasteiger partial charge in [0.1, 0.15) is 0 Å². The molecule has 2 atom stereocenters. The fourth-order valence-corrected chi connectivity index (χ4v) is 4.71. The number of rotatable bonds is 8. The third-order valence-electron chi connectivity index (χ3n) is 6.49. The van der Waals surface area contributed by atoms with Crippen LogP contribution in [0.5, 0.6) is 11.5 Å². The van der Waals surface area contributed by atoms with E-state index < -0.39 is 12.0 Å². The Morgan fingerprint density at radius 3 is 2.53 bits per heavy atom. The number of hydrogen-bond acceptors (Lipinski definition) is 7. The van der Waals surface area contributed by atoms with E-state index in [1.165, 1.54) is 19.1 Å². The van der Waals surface area contributed by atoms with Gasteiger partial charge in [0.05, 0.1) is 32.4 Å². The molecule has 0 bridgehead atoms. The van der Waals surface area contributed by atoms with Gasteiger partial charge in [-0.25, -0.2) is 14.4 Å². The van der Waals surface area contributed by atoms with Crippen LogP contribution in [-0.4, -0.2) is 99.4 Å². The molecule has 1 aromatic rings. The van der Waals surface area contributed by atoms with E-state index in [1.807, 2.05) is 18.7 Å². The normalized spacial score (nSPS) is 20.7. The molecule has 36 heavy (non-hydrogen) atoms. The largest absolute Gasteiger partial charge is 0.493 e. The zero-order chi connectivity index (χ0) is 26.4. The topological polar surface area (TPSA) is 113 Å². The zero-order valence-electron chi connectivity index (χ0n) is 21.9. The molecule has 11 nitrogen and oxygen atoms in total. The highest BCUT2D eigenvalue weighted by Crippen LogP contribution is 2.40. The molecule has 1 aromatic carbocycles. The highest BCUT2D eigenvalue weighted by molar-refractivity contribution is 5.95. The third-order valence-corrected chi connectivity index (χ3v) is 6.49. The summed E-state index contributed by atoms with van der Waals surface area (Å²) < 4.78 is 16.5. The van der Waals surface area contributed by atoms with Crippen LogP contribution in [0.4, 0.5) is 9.59 Å². The second kappa shape index (κ2) is 12.0. The van der Waals surface area contributed by atoms with Crippen molar-refractivity contribution in [3.63, 3.8) is 0 Å². The van der Waals surface area contributed by atoms with Crippen LogP contribution < -0.4 is 20.1 Å². The Hall–Kier alpha value is -3.47. The van der Waals surface area contributed by atoms with Gasteiger partial charge in [-0.1, -0.05) is 12.1 Å². The Kier molecular flexibility index (Phi) is 9.03. The van der Waals surface area contributed by atoms with E-state index in [9.17, 15) is 14.4 Å². The lowest BCUT2D eigenvalue weighted by atomic mass is 9.93. The number of carbonyl (C=O) groups excluding carboxylic acids is 3. The van der Waals surface area contributed by atoms with Crippen molar-refractivity contribution in [2.75, 3.05) is 60.6 Å². The number of ether oxygens (including phenoxy) is 3. The number of hydrogen-bond donors (Lipinski definition) is 2. The van der Waals surface area contributed by atoms with Gasteiger partial charge in [-0.15, -0.1) is 0 Å². The van der Waals surface area contributed by atoms with Crippen LogP contribution >= 0.6 is 0 Å². The molecule has 4 amide bonds. The predicted molar refractivity (Wildman–Crippen MR) is 134 cm³/mol. The maximum Gasteiger partial charge on any atom is 0.338 e. The number of piperazine rings is 1. The monoisotopic (exact) mass is 503 g/mol. The van der Waals surface area contributed by atoms with Gasteiger partial charge in [-0.2, -0.15) is 0 Å². The van der Waals surface area contributed by atoms with Crippen molar-refractivity contribution < 1.29 is 28.6 Å². The summed E-state index contributed by atoms with van der Waals surface area (Å²) in [6.45, 7) is 8.46. The van der Waals surface area contributed by atoms with Crippen molar-refractivity contribution in [2.45, 2.75) is 32.9 Å². The summed E-state index contributed by atoms with van der Waals surface area (Å²) in [4.78, 5) is 44.1. The molecule has 2 aliphatic heterocycles. The lowest BCUT2D eigenvalue weighted by Gasteiger charge is -2.42. The number of urea groups is 2. The Bertz CT molecular complexity index is 1010. The molecular formula is C25H37N5O6. The molecule has 1 fully saturated rings. The summed E-state index contributed by atoms with van der Waals surface area (Å²) in [6.07, 6.45) is 0. The van der Waals surface area contributed by atoms with Gasteiger partial charge in [0.15, 0.2) is 11.5 Å². The first-order valence-electron chi connectivity index (χ1n) is 12.2. The average molecular weight is 504 g/mol. The van der Waals surface area contributed by atoms with Crippen molar-refractivity contribution in [2.24, 2.45) is 0 Å².